The molecule has 6 nitrogen and oxygen atoms in total. The normalized spacial score (nSPS) is 16.5. The first kappa shape index (κ1) is 13.8. The van der Waals surface area contributed by atoms with E-state index in [1.165, 1.54) is 8.99 Å². The van der Waals surface area contributed by atoms with E-state index in [0.717, 1.165) is 12.8 Å². The first-order valence-electron chi connectivity index (χ1n) is 5.71. The van der Waals surface area contributed by atoms with Crippen molar-refractivity contribution in [2.24, 2.45) is 7.05 Å². The topological polar surface area (TPSA) is 75.4 Å². The van der Waals surface area contributed by atoms with Crippen LogP contribution in [0.25, 0.3) is 0 Å². The lowest BCUT2D eigenvalue weighted by molar-refractivity contribution is 0.250. The summed E-state index contributed by atoms with van der Waals surface area (Å²) in [5, 5.41) is 13.1. The van der Waals surface area contributed by atoms with Crippen LogP contribution in [0, 0.1) is 6.92 Å². The van der Waals surface area contributed by atoms with Crippen molar-refractivity contribution in [3.63, 3.8) is 0 Å². The highest BCUT2D eigenvalue weighted by Gasteiger charge is 2.40. The molecule has 2 rings (SSSR count). The molecule has 1 aliphatic carbocycles. The zero-order valence-electron chi connectivity index (χ0n) is 10.3. The maximum atomic E-state index is 12.5. The number of hydrogen-bond donors (Lipinski definition) is 1. The van der Waals surface area contributed by atoms with Crippen LogP contribution in [0.1, 0.15) is 18.5 Å². The number of halogens is 1. The van der Waals surface area contributed by atoms with Crippen molar-refractivity contribution in [3.05, 3.63) is 10.8 Å². The van der Waals surface area contributed by atoms with Gasteiger partial charge in [-0.15, -0.1) is 0 Å². The van der Waals surface area contributed by atoms with Gasteiger partial charge in [-0.3, -0.25) is 4.68 Å². The Hall–Kier alpha value is -0.630. The Kier molecular flexibility index (Phi) is 3.68. The van der Waals surface area contributed by atoms with Gasteiger partial charge < -0.3 is 5.11 Å². The van der Waals surface area contributed by atoms with Gasteiger partial charge in [0.1, 0.15) is 10.0 Å². The maximum absolute atomic E-state index is 12.5. The standard InChI is InChI=1S/C10H16ClN3O3S/c1-7-9(10(11)13(2)12-7)18(16,17)14(5-6-15)8-3-4-8/h8,15H,3-6H2,1-2H3. The van der Waals surface area contributed by atoms with Crippen LogP contribution in [-0.4, -0.2) is 46.8 Å². The Labute approximate surface area is 111 Å². The van der Waals surface area contributed by atoms with Gasteiger partial charge in [0.2, 0.25) is 10.0 Å². The van der Waals surface area contributed by atoms with Crippen LogP contribution in [0.4, 0.5) is 0 Å². The molecule has 1 N–H and O–H groups in total. The molecule has 1 saturated carbocycles. The number of sulfonamides is 1. The molecule has 0 atom stereocenters. The predicted octanol–water partition coefficient (Wildman–Crippen LogP) is 0.527. The highest BCUT2D eigenvalue weighted by Crippen LogP contribution is 2.35. The molecule has 0 radical (unpaired) electrons. The lowest BCUT2D eigenvalue weighted by atomic mass is 10.5. The van der Waals surface area contributed by atoms with Gasteiger partial charge in [-0.2, -0.15) is 9.40 Å². The molecule has 0 spiro atoms. The smallest absolute Gasteiger partial charge is 0.248 e. The average molecular weight is 294 g/mol. The van der Waals surface area contributed by atoms with Gasteiger partial charge in [0.05, 0.1) is 12.3 Å². The average Bonchev–Trinajstić information content (AvgIpc) is 3.04. The van der Waals surface area contributed by atoms with Crippen molar-refractivity contribution in [2.75, 3.05) is 13.2 Å². The van der Waals surface area contributed by atoms with E-state index in [0.29, 0.717) is 5.69 Å². The molecule has 1 heterocycles. The van der Waals surface area contributed by atoms with Crippen LogP contribution < -0.4 is 0 Å². The summed E-state index contributed by atoms with van der Waals surface area (Å²) < 4.78 is 27.7. The molecule has 0 unspecified atom stereocenters. The summed E-state index contributed by atoms with van der Waals surface area (Å²) in [6.07, 6.45) is 1.66. The Morgan fingerprint density at radius 2 is 2.17 bits per heavy atom. The van der Waals surface area contributed by atoms with Crippen LogP contribution in [0.15, 0.2) is 4.90 Å². The van der Waals surface area contributed by atoms with Crippen molar-refractivity contribution in [3.8, 4) is 0 Å². The minimum Gasteiger partial charge on any atom is -0.395 e. The number of rotatable bonds is 5. The van der Waals surface area contributed by atoms with Crippen LogP contribution in [-0.2, 0) is 17.1 Å². The predicted molar refractivity (Wildman–Crippen MR) is 67.0 cm³/mol. The maximum Gasteiger partial charge on any atom is 0.248 e. The van der Waals surface area contributed by atoms with Gasteiger partial charge >= 0.3 is 0 Å². The second kappa shape index (κ2) is 4.80. The SMILES string of the molecule is Cc1nn(C)c(Cl)c1S(=O)(=O)N(CCO)C1CC1. The fourth-order valence-electron chi connectivity index (χ4n) is 1.98. The first-order chi connectivity index (χ1) is 8.39. The Balaban J connectivity index is 2.46. The third-order valence-corrected chi connectivity index (χ3v) is 5.59. The summed E-state index contributed by atoms with van der Waals surface area (Å²) in [6, 6.07) is -0.0159. The molecule has 0 amide bonds. The number of aromatic nitrogens is 2. The van der Waals surface area contributed by atoms with Crippen molar-refractivity contribution >= 4 is 21.6 Å². The van der Waals surface area contributed by atoms with E-state index in [-0.39, 0.29) is 29.2 Å². The number of nitrogens with zero attached hydrogens (tertiary/aromatic N) is 3. The van der Waals surface area contributed by atoms with Gasteiger partial charge in [-0.05, 0) is 19.8 Å². The molecule has 1 aliphatic rings. The van der Waals surface area contributed by atoms with E-state index in [4.69, 9.17) is 16.7 Å². The molecular formula is C10H16ClN3O3S. The highest BCUT2D eigenvalue weighted by molar-refractivity contribution is 7.89. The summed E-state index contributed by atoms with van der Waals surface area (Å²) in [5.41, 5.74) is 0.381. The second-order valence-electron chi connectivity index (χ2n) is 4.40. The monoisotopic (exact) mass is 293 g/mol. The van der Waals surface area contributed by atoms with Gasteiger partial charge in [0.15, 0.2) is 0 Å². The van der Waals surface area contributed by atoms with Gasteiger partial charge in [0.25, 0.3) is 0 Å². The van der Waals surface area contributed by atoms with E-state index in [1.807, 2.05) is 0 Å². The van der Waals surface area contributed by atoms with Crippen molar-refractivity contribution in [1.29, 1.82) is 0 Å². The largest absolute Gasteiger partial charge is 0.395 e. The fraction of sp³-hybridized carbons (Fsp3) is 0.700. The minimum atomic E-state index is -3.68. The van der Waals surface area contributed by atoms with Crippen molar-refractivity contribution in [2.45, 2.75) is 30.7 Å². The van der Waals surface area contributed by atoms with Crippen LogP contribution in [0.3, 0.4) is 0 Å². The van der Waals surface area contributed by atoms with Crippen LogP contribution in [0.5, 0.6) is 0 Å². The van der Waals surface area contributed by atoms with Crippen LogP contribution in [0.2, 0.25) is 5.15 Å². The van der Waals surface area contributed by atoms with Crippen molar-refractivity contribution < 1.29 is 13.5 Å². The van der Waals surface area contributed by atoms with Gasteiger partial charge in [0, 0.05) is 19.6 Å². The Bertz CT molecular complexity index is 551. The van der Waals surface area contributed by atoms with Crippen molar-refractivity contribution in [1.82, 2.24) is 14.1 Å². The number of aliphatic hydroxyl groups is 1. The van der Waals surface area contributed by atoms with E-state index in [1.54, 1.807) is 14.0 Å². The lowest BCUT2D eigenvalue weighted by Gasteiger charge is -2.20. The molecule has 1 aromatic heterocycles. The molecule has 0 aliphatic heterocycles. The van der Waals surface area contributed by atoms with Crippen LogP contribution >= 0.6 is 11.6 Å². The molecule has 0 bridgehead atoms. The fourth-order valence-corrected chi connectivity index (χ4v) is 4.37. The number of aliphatic hydroxyl groups excluding tert-OH is 1. The second-order valence-corrected chi connectivity index (χ2v) is 6.58. The summed E-state index contributed by atoms with van der Waals surface area (Å²) in [7, 11) is -2.08. The Morgan fingerprint density at radius 1 is 1.56 bits per heavy atom. The number of hydrogen-bond acceptors (Lipinski definition) is 4. The molecule has 1 aromatic rings. The Morgan fingerprint density at radius 3 is 2.56 bits per heavy atom. The third-order valence-electron chi connectivity index (χ3n) is 2.94. The number of aryl methyl sites for hydroxylation is 2. The molecule has 8 heteroatoms. The zero-order valence-corrected chi connectivity index (χ0v) is 11.9. The lowest BCUT2D eigenvalue weighted by Crippen LogP contribution is -2.35. The first-order valence-corrected chi connectivity index (χ1v) is 7.53. The van der Waals surface area contributed by atoms with Gasteiger partial charge in [-0.1, -0.05) is 11.6 Å². The molecular weight excluding hydrogens is 278 g/mol. The van der Waals surface area contributed by atoms with E-state index < -0.39 is 10.0 Å². The molecule has 0 aromatic carbocycles. The third kappa shape index (κ3) is 2.27. The summed E-state index contributed by atoms with van der Waals surface area (Å²) >= 11 is 6.00. The summed E-state index contributed by atoms with van der Waals surface area (Å²) in [5.74, 6) is 0. The quantitative estimate of drug-likeness (QED) is 0.859. The van der Waals surface area contributed by atoms with E-state index >= 15 is 0 Å². The molecule has 1 fully saturated rings. The van der Waals surface area contributed by atoms with Gasteiger partial charge in [-0.25, -0.2) is 8.42 Å². The van der Waals surface area contributed by atoms with E-state index in [9.17, 15) is 8.42 Å². The summed E-state index contributed by atoms with van der Waals surface area (Å²) in [4.78, 5) is 0.0482. The minimum absolute atomic E-state index is 0.0159. The van der Waals surface area contributed by atoms with E-state index in [2.05, 4.69) is 5.10 Å². The zero-order chi connectivity index (χ0) is 13.5. The summed E-state index contributed by atoms with van der Waals surface area (Å²) in [6.45, 7) is 1.51. The molecule has 0 saturated heterocycles. The molecule has 18 heavy (non-hydrogen) atoms. The highest BCUT2D eigenvalue weighted by atomic mass is 35.5. The molecule has 102 valence electrons.